The van der Waals surface area contributed by atoms with Crippen LogP contribution in [0.4, 0.5) is 20.6 Å². The predicted octanol–water partition coefficient (Wildman–Crippen LogP) is 5.01. The molecule has 3 aromatic rings. The zero-order valence-electron chi connectivity index (χ0n) is 19.1. The first kappa shape index (κ1) is 21.9. The monoisotopic (exact) mass is 464 g/mol. The van der Waals surface area contributed by atoms with E-state index >= 15 is 0 Å². The number of carbonyl (C=O) groups is 2. The Balaban J connectivity index is 1.69. The lowest BCUT2D eigenvalue weighted by Crippen LogP contribution is -2.53. The standard InChI is InChI=1S/C25H25FN4O4/c1-14-24(20-11-18(26)5-9-23(20)34-3)30(25(32)33)22-10-16(4-8-21(22)29(14)15(2)31)17-12-27-28(13-17)19-6-7-19/h4-5,8-14,19,24H,6-7H2,1-3H3,(H,32,33)/t14-,24?/m0/s1. The first-order chi connectivity index (χ1) is 16.3. The second-order valence-electron chi connectivity index (χ2n) is 8.76. The summed E-state index contributed by atoms with van der Waals surface area (Å²) in [6, 6.07) is 8.28. The Morgan fingerprint density at radius 1 is 1.09 bits per heavy atom. The summed E-state index contributed by atoms with van der Waals surface area (Å²) in [6.07, 6.45) is 4.69. The fraction of sp³-hybridized carbons (Fsp3) is 0.320. The number of halogens is 1. The van der Waals surface area contributed by atoms with E-state index in [1.54, 1.807) is 30.2 Å². The van der Waals surface area contributed by atoms with Crippen molar-refractivity contribution in [2.45, 2.75) is 44.8 Å². The van der Waals surface area contributed by atoms with Gasteiger partial charge in [-0.15, -0.1) is 0 Å². The van der Waals surface area contributed by atoms with Crippen LogP contribution in [0.25, 0.3) is 11.1 Å². The van der Waals surface area contributed by atoms with E-state index in [-0.39, 0.29) is 5.91 Å². The molecule has 1 aliphatic heterocycles. The van der Waals surface area contributed by atoms with E-state index in [0.717, 1.165) is 24.0 Å². The first-order valence-electron chi connectivity index (χ1n) is 11.1. The SMILES string of the molecule is COc1ccc(F)cc1C1[C@H](C)N(C(C)=O)c2ccc(-c3cnn(C4CC4)c3)cc2N1C(=O)O. The lowest BCUT2D eigenvalue weighted by Gasteiger charge is -2.46. The van der Waals surface area contributed by atoms with Crippen molar-refractivity contribution in [3.8, 4) is 16.9 Å². The molecule has 0 bridgehead atoms. The van der Waals surface area contributed by atoms with Crippen LogP contribution in [0.1, 0.15) is 44.3 Å². The molecule has 2 atom stereocenters. The lowest BCUT2D eigenvalue weighted by molar-refractivity contribution is -0.117. The Labute approximate surface area is 196 Å². The largest absolute Gasteiger partial charge is 0.496 e. The second kappa shape index (κ2) is 8.16. The molecule has 2 aromatic carbocycles. The number of rotatable bonds is 4. The number of hydrogen-bond acceptors (Lipinski definition) is 4. The predicted molar refractivity (Wildman–Crippen MR) is 125 cm³/mol. The molecule has 1 aliphatic carbocycles. The number of benzene rings is 2. The average Bonchev–Trinajstić information content (AvgIpc) is 3.54. The molecule has 1 aromatic heterocycles. The minimum atomic E-state index is -1.21. The highest BCUT2D eigenvalue weighted by atomic mass is 19.1. The number of ether oxygens (including phenoxy) is 1. The Morgan fingerprint density at radius 2 is 1.85 bits per heavy atom. The molecule has 0 spiro atoms. The van der Waals surface area contributed by atoms with Crippen LogP contribution >= 0.6 is 0 Å². The van der Waals surface area contributed by atoms with Gasteiger partial charge in [-0.25, -0.2) is 9.18 Å². The summed E-state index contributed by atoms with van der Waals surface area (Å²) in [5.74, 6) is -0.415. The smallest absolute Gasteiger partial charge is 0.412 e. The average molecular weight is 464 g/mol. The maximum Gasteiger partial charge on any atom is 0.412 e. The highest BCUT2D eigenvalue weighted by Crippen LogP contribution is 2.48. The molecule has 8 nitrogen and oxygen atoms in total. The van der Waals surface area contributed by atoms with Crippen molar-refractivity contribution in [1.82, 2.24) is 9.78 Å². The highest BCUT2D eigenvalue weighted by molar-refractivity contribution is 6.03. The van der Waals surface area contributed by atoms with E-state index in [4.69, 9.17) is 4.74 Å². The van der Waals surface area contributed by atoms with Gasteiger partial charge in [0, 0.05) is 24.2 Å². The second-order valence-corrected chi connectivity index (χ2v) is 8.76. The zero-order chi connectivity index (χ0) is 24.1. The number of amides is 2. The van der Waals surface area contributed by atoms with Crippen molar-refractivity contribution in [2.24, 2.45) is 0 Å². The van der Waals surface area contributed by atoms with Gasteiger partial charge in [0.25, 0.3) is 0 Å². The maximum absolute atomic E-state index is 14.3. The third-order valence-corrected chi connectivity index (χ3v) is 6.55. The summed E-state index contributed by atoms with van der Waals surface area (Å²) in [6.45, 7) is 3.19. The van der Waals surface area contributed by atoms with Gasteiger partial charge in [-0.05, 0) is 55.7 Å². The van der Waals surface area contributed by atoms with Crippen molar-refractivity contribution in [2.75, 3.05) is 16.9 Å². The van der Waals surface area contributed by atoms with Crippen molar-refractivity contribution in [1.29, 1.82) is 0 Å². The molecule has 0 saturated heterocycles. The Bertz CT molecular complexity index is 1290. The topological polar surface area (TPSA) is 87.9 Å². The molecule has 176 valence electrons. The van der Waals surface area contributed by atoms with Crippen LogP contribution in [-0.2, 0) is 4.79 Å². The molecule has 1 unspecified atom stereocenters. The van der Waals surface area contributed by atoms with Crippen molar-refractivity contribution >= 4 is 23.4 Å². The van der Waals surface area contributed by atoms with Crippen LogP contribution in [0.5, 0.6) is 5.75 Å². The van der Waals surface area contributed by atoms with E-state index < -0.39 is 24.0 Å². The quantitative estimate of drug-likeness (QED) is 0.586. The van der Waals surface area contributed by atoms with Gasteiger partial charge in [-0.2, -0.15) is 5.10 Å². The molecule has 1 N–H and O–H groups in total. The number of carbonyl (C=O) groups excluding carboxylic acids is 1. The number of aromatic nitrogens is 2. The van der Waals surface area contributed by atoms with Gasteiger partial charge < -0.3 is 14.7 Å². The highest BCUT2D eigenvalue weighted by Gasteiger charge is 2.44. The molecule has 5 rings (SSSR count). The number of nitrogens with zero attached hydrogens (tertiary/aromatic N) is 4. The first-order valence-corrected chi connectivity index (χ1v) is 11.1. The number of methoxy groups -OCH3 is 1. The Morgan fingerprint density at radius 3 is 2.50 bits per heavy atom. The number of carboxylic acid groups (broad SMARTS) is 1. The molecule has 2 amide bonds. The third-order valence-electron chi connectivity index (χ3n) is 6.55. The molecule has 1 fully saturated rings. The van der Waals surface area contributed by atoms with Gasteiger partial charge in [0.15, 0.2) is 0 Å². The van der Waals surface area contributed by atoms with Crippen molar-refractivity contribution in [3.63, 3.8) is 0 Å². The van der Waals surface area contributed by atoms with Gasteiger partial charge in [0.1, 0.15) is 11.6 Å². The van der Waals surface area contributed by atoms with E-state index in [0.29, 0.717) is 28.7 Å². The number of fused-ring (bicyclic) bond motifs is 1. The number of anilines is 2. The van der Waals surface area contributed by atoms with Crippen LogP contribution in [0, 0.1) is 5.82 Å². The fourth-order valence-electron chi connectivity index (χ4n) is 4.87. The molecular formula is C25H25FN4O4. The van der Waals surface area contributed by atoms with Gasteiger partial charge in [0.05, 0.1) is 42.8 Å². The van der Waals surface area contributed by atoms with E-state index in [1.165, 1.54) is 37.1 Å². The van der Waals surface area contributed by atoms with Crippen molar-refractivity contribution < 1.29 is 23.8 Å². The molecule has 9 heteroatoms. The molecule has 1 saturated carbocycles. The van der Waals surface area contributed by atoms with Crippen molar-refractivity contribution in [3.05, 3.63) is 60.2 Å². The Kier molecular flexibility index (Phi) is 5.27. The molecular weight excluding hydrogens is 439 g/mol. The van der Waals surface area contributed by atoms with Crippen LogP contribution in [-0.4, -0.2) is 40.0 Å². The maximum atomic E-state index is 14.3. The van der Waals surface area contributed by atoms with Gasteiger partial charge in [0.2, 0.25) is 5.91 Å². The van der Waals surface area contributed by atoms with Crippen LogP contribution < -0.4 is 14.5 Å². The van der Waals surface area contributed by atoms with Crippen LogP contribution in [0.2, 0.25) is 0 Å². The minimum absolute atomic E-state index is 0.242. The summed E-state index contributed by atoms with van der Waals surface area (Å²) in [5, 5.41) is 14.7. The molecule has 2 aliphatic rings. The van der Waals surface area contributed by atoms with Gasteiger partial charge in [-0.3, -0.25) is 14.4 Å². The summed E-state index contributed by atoms with van der Waals surface area (Å²) >= 11 is 0. The summed E-state index contributed by atoms with van der Waals surface area (Å²) in [4.78, 5) is 28.1. The van der Waals surface area contributed by atoms with Gasteiger partial charge >= 0.3 is 6.09 Å². The van der Waals surface area contributed by atoms with E-state index in [1.807, 2.05) is 16.9 Å². The molecule has 0 radical (unpaired) electrons. The zero-order valence-corrected chi connectivity index (χ0v) is 19.1. The van der Waals surface area contributed by atoms with E-state index in [9.17, 15) is 19.1 Å². The Hall–Kier alpha value is -3.88. The van der Waals surface area contributed by atoms with E-state index in [2.05, 4.69) is 5.10 Å². The third kappa shape index (κ3) is 3.57. The van der Waals surface area contributed by atoms with Crippen LogP contribution in [0.3, 0.4) is 0 Å². The summed E-state index contributed by atoms with van der Waals surface area (Å²) < 4.78 is 21.7. The van der Waals surface area contributed by atoms with Gasteiger partial charge in [-0.1, -0.05) is 6.07 Å². The fourth-order valence-corrected chi connectivity index (χ4v) is 4.87. The minimum Gasteiger partial charge on any atom is -0.496 e. The molecule has 2 heterocycles. The molecule has 34 heavy (non-hydrogen) atoms. The summed E-state index contributed by atoms with van der Waals surface area (Å²) in [7, 11) is 1.45. The van der Waals surface area contributed by atoms with Crippen LogP contribution in [0.15, 0.2) is 48.8 Å². The lowest BCUT2D eigenvalue weighted by atomic mass is 9.91. The number of hydrogen-bond donors (Lipinski definition) is 1. The summed E-state index contributed by atoms with van der Waals surface area (Å²) in [5.41, 5.74) is 2.80. The normalized spacial score (nSPS) is 19.6.